The van der Waals surface area contributed by atoms with E-state index in [0.29, 0.717) is 23.1 Å². The summed E-state index contributed by atoms with van der Waals surface area (Å²) in [5, 5.41) is 0.615. The van der Waals surface area contributed by atoms with Crippen LogP contribution in [0.2, 0.25) is 0 Å². The number of hydrogen-bond donors (Lipinski definition) is 0. The highest BCUT2D eigenvalue weighted by Crippen LogP contribution is 2.21. The molecule has 1 aromatic rings. The fraction of sp³-hybridized carbons (Fsp3) is 0.500. The van der Waals surface area contributed by atoms with Gasteiger partial charge in [0.05, 0.1) is 19.2 Å². The Morgan fingerprint density at radius 2 is 2.28 bits per heavy atom. The molecule has 1 saturated heterocycles. The number of hydrogen-bond acceptors (Lipinski definition) is 4. The van der Waals surface area contributed by atoms with Gasteiger partial charge in [0.25, 0.3) is 0 Å². The molecule has 0 radical (unpaired) electrons. The number of Topliss-reactive ketones (excluding diaryl/α,β-unsaturated/α-hetero) is 1. The Bertz CT molecular complexity index is 422. The van der Waals surface area contributed by atoms with Crippen molar-refractivity contribution in [3.05, 3.63) is 29.8 Å². The number of carbonyl (C=O) groups excluding carboxylic acids is 1. The van der Waals surface area contributed by atoms with E-state index in [2.05, 4.69) is 11.8 Å². The number of ether oxygens (including phenoxy) is 1. The van der Waals surface area contributed by atoms with E-state index >= 15 is 0 Å². The first kappa shape index (κ1) is 13.4. The van der Waals surface area contributed by atoms with E-state index in [1.165, 1.54) is 0 Å². The molecule has 98 valence electrons. The third-order valence-electron chi connectivity index (χ3n) is 3.10. The molecule has 0 N–H and O–H groups in total. The number of para-hydroxylation sites is 1. The summed E-state index contributed by atoms with van der Waals surface area (Å²) in [5.41, 5.74) is 0.686. The predicted molar refractivity (Wildman–Crippen MR) is 75.7 cm³/mol. The molecule has 0 amide bonds. The van der Waals surface area contributed by atoms with Crippen LogP contribution in [0, 0.1) is 0 Å². The Morgan fingerprint density at radius 3 is 3.00 bits per heavy atom. The van der Waals surface area contributed by atoms with Gasteiger partial charge >= 0.3 is 0 Å². The number of methoxy groups -OCH3 is 1. The van der Waals surface area contributed by atoms with Crippen molar-refractivity contribution in [2.75, 3.05) is 32.5 Å². The van der Waals surface area contributed by atoms with Gasteiger partial charge in [0.15, 0.2) is 5.78 Å². The van der Waals surface area contributed by atoms with Crippen LogP contribution in [0.3, 0.4) is 0 Å². The second kappa shape index (κ2) is 6.25. The van der Waals surface area contributed by atoms with Crippen molar-refractivity contribution in [3.8, 4) is 5.75 Å². The van der Waals surface area contributed by atoms with E-state index < -0.39 is 0 Å². The van der Waals surface area contributed by atoms with Crippen LogP contribution in [0.25, 0.3) is 0 Å². The highest BCUT2D eigenvalue weighted by molar-refractivity contribution is 7.99. The molecular formula is C14H19NO2S. The molecule has 1 atom stereocenters. The lowest BCUT2D eigenvalue weighted by molar-refractivity contribution is 0.0931. The number of benzene rings is 1. The van der Waals surface area contributed by atoms with Crippen LogP contribution in [0.5, 0.6) is 5.75 Å². The van der Waals surface area contributed by atoms with Crippen LogP contribution in [-0.2, 0) is 0 Å². The number of nitrogens with zero attached hydrogens (tertiary/aromatic N) is 1. The maximum atomic E-state index is 12.3. The van der Waals surface area contributed by atoms with E-state index in [1.807, 2.05) is 36.0 Å². The fourth-order valence-electron chi connectivity index (χ4n) is 2.20. The molecule has 18 heavy (non-hydrogen) atoms. The third-order valence-corrected chi connectivity index (χ3v) is 4.24. The van der Waals surface area contributed by atoms with Crippen molar-refractivity contribution in [3.63, 3.8) is 0 Å². The molecule has 1 aromatic carbocycles. The average Bonchev–Trinajstić information content (AvgIpc) is 2.38. The van der Waals surface area contributed by atoms with Crippen LogP contribution >= 0.6 is 11.8 Å². The molecule has 0 bridgehead atoms. The minimum Gasteiger partial charge on any atom is -0.496 e. The monoisotopic (exact) mass is 265 g/mol. The summed E-state index contributed by atoms with van der Waals surface area (Å²) in [6.45, 7) is 4.69. The van der Waals surface area contributed by atoms with Gasteiger partial charge in [0.1, 0.15) is 5.75 Å². The molecular weight excluding hydrogens is 246 g/mol. The van der Waals surface area contributed by atoms with Gasteiger partial charge in [-0.25, -0.2) is 0 Å². The quantitative estimate of drug-likeness (QED) is 0.781. The van der Waals surface area contributed by atoms with Crippen molar-refractivity contribution in [1.29, 1.82) is 0 Å². The van der Waals surface area contributed by atoms with Crippen LogP contribution in [0.4, 0.5) is 0 Å². The molecule has 0 aliphatic carbocycles. The van der Waals surface area contributed by atoms with Gasteiger partial charge in [-0.05, 0) is 12.1 Å². The Labute approximate surface area is 113 Å². The van der Waals surface area contributed by atoms with Gasteiger partial charge in [-0.2, -0.15) is 11.8 Å². The first-order valence-corrected chi connectivity index (χ1v) is 7.25. The second-order valence-corrected chi connectivity index (χ2v) is 6.09. The van der Waals surface area contributed by atoms with Gasteiger partial charge in [0, 0.05) is 24.1 Å². The molecule has 4 heteroatoms. The lowest BCUT2D eigenvalue weighted by atomic mass is 10.1. The zero-order chi connectivity index (χ0) is 13.0. The molecule has 1 aliphatic rings. The summed E-state index contributed by atoms with van der Waals surface area (Å²) >= 11 is 1.97. The lowest BCUT2D eigenvalue weighted by Gasteiger charge is -2.29. The van der Waals surface area contributed by atoms with Crippen molar-refractivity contribution >= 4 is 17.5 Å². The number of ketones is 1. The summed E-state index contributed by atoms with van der Waals surface area (Å²) in [7, 11) is 1.60. The minimum absolute atomic E-state index is 0.145. The number of carbonyl (C=O) groups is 1. The van der Waals surface area contributed by atoms with Crippen molar-refractivity contribution in [1.82, 2.24) is 4.90 Å². The van der Waals surface area contributed by atoms with Crippen LogP contribution in [-0.4, -0.2) is 48.4 Å². The molecule has 0 aromatic heterocycles. The van der Waals surface area contributed by atoms with Gasteiger partial charge in [-0.15, -0.1) is 0 Å². The largest absolute Gasteiger partial charge is 0.496 e. The van der Waals surface area contributed by atoms with Gasteiger partial charge in [-0.1, -0.05) is 19.1 Å². The Hall–Kier alpha value is -1.00. The van der Waals surface area contributed by atoms with E-state index in [4.69, 9.17) is 4.74 Å². The standard InChI is InChI=1S/C14H19NO2S/c1-11-9-15(7-8-18-11)10-13(16)12-5-3-4-6-14(12)17-2/h3-6,11H,7-10H2,1-2H3. The normalized spacial score (nSPS) is 20.7. The molecule has 1 heterocycles. The summed E-state index contributed by atoms with van der Waals surface area (Å²) in [6.07, 6.45) is 0. The van der Waals surface area contributed by atoms with Gasteiger partial charge in [-0.3, -0.25) is 9.69 Å². The number of thioether (sulfide) groups is 1. The zero-order valence-electron chi connectivity index (χ0n) is 10.9. The lowest BCUT2D eigenvalue weighted by Crippen LogP contribution is -2.39. The SMILES string of the molecule is COc1ccccc1C(=O)CN1CCSC(C)C1. The van der Waals surface area contributed by atoms with Gasteiger partial charge in [0.2, 0.25) is 0 Å². The summed E-state index contributed by atoms with van der Waals surface area (Å²) in [4.78, 5) is 14.5. The zero-order valence-corrected chi connectivity index (χ0v) is 11.7. The highest BCUT2D eigenvalue weighted by atomic mass is 32.2. The topological polar surface area (TPSA) is 29.5 Å². The van der Waals surface area contributed by atoms with Crippen molar-refractivity contribution in [2.24, 2.45) is 0 Å². The third kappa shape index (κ3) is 3.27. The molecule has 2 rings (SSSR count). The summed E-state index contributed by atoms with van der Waals surface area (Å²) < 4.78 is 5.23. The van der Waals surface area contributed by atoms with E-state index in [0.717, 1.165) is 18.8 Å². The Balaban J connectivity index is 2.03. The van der Waals surface area contributed by atoms with Crippen molar-refractivity contribution < 1.29 is 9.53 Å². The Kier molecular flexibility index (Phi) is 4.66. The van der Waals surface area contributed by atoms with E-state index in [-0.39, 0.29) is 5.78 Å². The predicted octanol–water partition coefficient (Wildman–Crippen LogP) is 2.32. The highest BCUT2D eigenvalue weighted by Gasteiger charge is 2.20. The molecule has 0 spiro atoms. The first-order chi connectivity index (χ1) is 8.70. The minimum atomic E-state index is 0.145. The van der Waals surface area contributed by atoms with E-state index in [9.17, 15) is 4.79 Å². The van der Waals surface area contributed by atoms with Gasteiger partial charge < -0.3 is 4.74 Å². The maximum absolute atomic E-state index is 12.3. The Morgan fingerprint density at radius 1 is 1.50 bits per heavy atom. The number of rotatable bonds is 4. The fourth-order valence-corrected chi connectivity index (χ4v) is 3.28. The first-order valence-electron chi connectivity index (χ1n) is 6.21. The maximum Gasteiger partial charge on any atom is 0.180 e. The van der Waals surface area contributed by atoms with Crippen LogP contribution in [0.1, 0.15) is 17.3 Å². The summed E-state index contributed by atoms with van der Waals surface area (Å²) in [6, 6.07) is 7.44. The average molecular weight is 265 g/mol. The molecule has 1 unspecified atom stereocenters. The molecule has 1 fully saturated rings. The molecule has 1 aliphatic heterocycles. The molecule has 0 saturated carbocycles. The second-order valence-electron chi connectivity index (χ2n) is 4.54. The van der Waals surface area contributed by atoms with Crippen molar-refractivity contribution in [2.45, 2.75) is 12.2 Å². The van der Waals surface area contributed by atoms with Crippen LogP contribution < -0.4 is 4.74 Å². The van der Waals surface area contributed by atoms with E-state index in [1.54, 1.807) is 7.11 Å². The summed E-state index contributed by atoms with van der Waals surface area (Å²) in [5.74, 6) is 1.92. The molecule has 3 nitrogen and oxygen atoms in total. The van der Waals surface area contributed by atoms with Crippen LogP contribution in [0.15, 0.2) is 24.3 Å². The smallest absolute Gasteiger partial charge is 0.180 e.